The maximum Gasteiger partial charge on any atom is 0.269 e. The number of aryl methyl sites for hydroxylation is 2. The Kier molecular flexibility index (Phi) is 6.24. The highest BCUT2D eigenvalue weighted by molar-refractivity contribution is 9.10. The minimum absolute atomic E-state index is 0.214. The van der Waals surface area contributed by atoms with Crippen LogP contribution in [0.4, 0.5) is 0 Å². The Morgan fingerprint density at radius 3 is 2.74 bits per heavy atom. The number of carbonyl (C=O) groups excluding carboxylic acids is 1. The quantitative estimate of drug-likeness (QED) is 0.509. The molecule has 2 aromatic heterocycles. The molecule has 0 saturated heterocycles. The third-order valence-corrected chi connectivity index (χ3v) is 5.85. The van der Waals surface area contributed by atoms with Gasteiger partial charge >= 0.3 is 0 Å². The summed E-state index contributed by atoms with van der Waals surface area (Å²) < 4.78 is 2.96. The van der Waals surface area contributed by atoms with Gasteiger partial charge in [-0.15, -0.1) is 0 Å². The number of halogens is 3. The number of rotatable bonds is 6. The van der Waals surface area contributed by atoms with Crippen molar-refractivity contribution in [2.75, 3.05) is 6.54 Å². The van der Waals surface area contributed by atoms with Gasteiger partial charge in [-0.2, -0.15) is 10.2 Å². The molecule has 3 aromatic rings. The fourth-order valence-electron chi connectivity index (χ4n) is 2.69. The maximum absolute atomic E-state index is 12.3. The van der Waals surface area contributed by atoms with Gasteiger partial charge in [-0.05, 0) is 60.5 Å². The number of hydrogen-bond acceptors (Lipinski definition) is 3. The molecule has 1 amide bonds. The Morgan fingerprint density at radius 1 is 1.30 bits per heavy atom. The molecule has 142 valence electrons. The van der Waals surface area contributed by atoms with Crippen LogP contribution in [0.2, 0.25) is 10.0 Å². The van der Waals surface area contributed by atoms with Crippen molar-refractivity contribution in [3.63, 3.8) is 0 Å². The Balaban J connectivity index is 1.56. The lowest BCUT2D eigenvalue weighted by atomic mass is 10.1. The standard InChI is InChI=1S/C18H18BrCl2N5O/c1-10-17(19)11(2)26(25-10)7-3-6-22-18(27)16-9-15(23-24-16)13-5-4-12(20)8-14(13)21/h4-5,8-9H,3,6-7H2,1-2H3,(H,22,27)(H,23,24). The molecule has 1 aromatic carbocycles. The molecule has 2 heterocycles. The number of H-pyrrole nitrogens is 1. The normalized spacial score (nSPS) is 11.0. The van der Waals surface area contributed by atoms with Crippen molar-refractivity contribution in [1.29, 1.82) is 0 Å². The summed E-state index contributed by atoms with van der Waals surface area (Å²) in [6.07, 6.45) is 0.768. The third kappa shape index (κ3) is 4.54. The molecule has 27 heavy (non-hydrogen) atoms. The SMILES string of the molecule is Cc1nn(CCCNC(=O)c2cc(-c3ccc(Cl)cc3Cl)n[nH]2)c(C)c1Br. The van der Waals surface area contributed by atoms with E-state index in [4.69, 9.17) is 23.2 Å². The van der Waals surface area contributed by atoms with E-state index in [1.54, 1.807) is 24.3 Å². The second kappa shape index (κ2) is 8.46. The van der Waals surface area contributed by atoms with Gasteiger partial charge in [0.2, 0.25) is 0 Å². The average Bonchev–Trinajstić information content (AvgIpc) is 3.20. The minimum Gasteiger partial charge on any atom is -0.351 e. The number of benzene rings is 1. The predicted molar refractivity (Wildman–Crippen MR) is 110 cm³/mol. The van der Waals surface area contributed by atoms with Crippen LogP contribution >= 0.6 is 39.1 Å². The van der Waals surface area contributed by atoms with Gasteiger partial charge in [0, 0.05) is 29.4 Å². The van der Waals surface area contributed by atoms with Crippen molar-refractivity contribution in [1.82, 2.24) is 25.3 Å². The van der Waals surface area contributed by atoms with Crippen molar-refractivity contribution >= 4 is 45.0 Å². The van der Waals surface area contributed by atoms with Gasteiger partial charge in [-0.3, -0.25) is 14.6 Å². The van der Waals surface area contributed by atoms with Gasteiger partial charge in [0.05, 0.1) is 20.9 Å². The van der Waals surface area contributed by atoms with Crippen molar-refractivity contribution in [2.45, 2.75) is 26.8 Å². The van der Waals surface area contributed by atoms with Gasteiger partial charge in [0.15, 0.2) is 0 Å². The zero-order chi connectivity index (χ0) is 19.6. The lowest BCUT2D eigenvalue weighted by molar-refractivity contribution is 0.0947. The zero-order valence-corrected chi connectivity index (χ0v) is 17.9. The summed E-state index contributed by atoms with van der Waals surface area (Å²) in [5.74, 6) is -0.214. The van der Waals surface area contributed by atoms with E-state index in [1.165, 1.54) is 0 Å². The summed E-state index contributed by atoms with van der Waals surface area (Å²) in [4.78, 5) is 12.3. The van der Waals surface area contributed by atoms with Crippen LogP contribution in [0.1, 0.15) is 28.3 Å². The Hall–Kier alpha value is -1.83. The van der Waals surface area contributed by atoms with Crippen LogP contribution in [-0.2, 0) is 6.54 Å². The molecule has 0 atom stereocenters. The summed E-state index contributed by atoms with van der Waals surface area (Å²) in [6, 6.07) is 6.82. The first kappa shape index (κ1) is 19.9. The van der Waals surface area contributed by atoms with E-state index in [-0.39, 0.29) is 5.91 Å². The topological polar surface area (TPSA) is 75.6 Å². The van der Waals surface area contributed by atoms with Crippen molar-refractivity contribution < 1.29 is 4.79 Å². The molecule has 0 radical (unpaired) electrons. The van der Waals surface area contributed by atoms with Crippen molar-refractivity contribution in [3.8, 4) is 11.3 Å². The number of nitrogens with one attached hydrogen (secondary N) is 2. The molecule has 0 aliphatic rings. The third-order valence-electron chi connectivity index (χ3n) is 4.16. The molecule has 9 heteroatoms. The smallest absolute Gasteiger partial charge is 0.269 e. The first-order valence-corrected chi connectivity index (χ1v) is 9.90. The first-order valence-electron chi connectivity index (χ1n) is 8.35. The van der Waals surface area contributed by atoms with Crippen LogP contribution in [0.25, 0.3) is 11.3 Å². The number of hydrogen-bond donors (Lipinski definition) is 2. The van der Waals surface area contributed by atoms with Crippen LogP contribution in [0.3, 0.4) is 0 Å². The first-order chi connectivity index (χ1) is 12.9. The van der Waals surface area contributed by atoms with Gasteiger partial charge in [-0.1, -0.05) is 23.2 Å². The molecule has 0 aliphatic carbocycles. The highest BCUT2D eigenvalue weighted by Crippen LogP contribution is 2.29. The van der Waals surface area contributed by atoms with E-state index in [0.29, 0.717) is 33.5 Å². The molecule has 0 aliphatic heterocycles. The number of amides is 1. The fourth-order valence-corrected chi connectivity index (χ4v) is 3.48. The summed E-state index contributed by atoms with van der Waals surface area (Å²) in [6.45, 7) is 5.23. The van der Waals surface area contributed by atoms with E-state index < -0.39 is 0 Å². The summed E-state index contributed by atoms with van der Waals surface area (Å²) in [5.41, 5.74) is 3.73. The van der Waals surface area contributed by atoms with Gasteiger partial charge in [-0.25, -0.2) is 0 Å². The van der Waals surface area contributed by atoms with Crippen LogP contribution in [-0.4, -0.2) is 32.4 Å². The zero-order valence-electron chi connectivity index (χ0n) is 14.8. The van der Waals surface area contributed by atoms with E-state index in [1.807, 2.05) is 18.5 Å². The maximum atomic E-state index is 12.3. The van der Waals surface area contributed by atoms with Crippen molar-refractivity contribution in [2.24, 2.45) is 0 Å². The van der Waals surface area contributed by atoms with E-state index >= 15 is 0 Å². The number of aromatic nitrogens is 4. The second-order valence-electron chi connectivity index (χ2n) is 6.11. The molecule has 6 nitrogen and oxygen atoms in total. The minimum atomic E-state index is -0.214. The lowest BCUT2D eigenvalue weighted by Crippen LogP contribution is -2.25. The summed E-state index contributed by atoms with van der Waals surface area (Å²) in [5, 5.41) is 15.3. The van der Waals surface area contributed by atoms with Gasteiger partial charge in [0.25, 0.3) is 5.91 Å². The monoisotopic (exact) mass is 469 g/mol. The van der Waals surface area contributed by atoms with Crippen LogP contribution in [0, 0.1) is 13.8 Å². The molecular formula is C18H18BrCl2N5O. The molecular weight excluding hydrogens is 453 g/mol. The molecule has 2 N–H and O–H groups in total. The molecule has 0 bridgehead atoms. The highest BCUT2D eigenvalue weighted by Gasteiger charge is 2.13. The number of carbonyl (C=O) groups is 1. The Morgan fingerprint density at radius 2 is 2.07 bits per heavy atom. The molecule has 0 fully saturated rings. The average molecular weight is 471 g/mol. The second-order valence-corrected chi connectivity index (χ2v) is 7.75. The Bertz CT molecular complexity index is 982. The summed E-state index contributed by atoms with van der Waals surface area (Å²) in [7, 11) is 0. The number of nitrogens with zero attached hydrogens (tertiary/aromatic N) is 3. The molecule has 3 rings (SSSR count). The largest absolute Gasteiger partial charge is 0.351 e. The van der Waals surface area contributed by atoms with Crippen LogP contribution < -0.4 is 5.32 Å². The van der Waals surface area contributed by atoms with Crippen molar-refractivity contribution in [3.05, 3.63) is 55.9 Å². The molecule has 0 unspecified atom stereocenters. The van der Waals surface area contributed by atoms with Crippen LogP contribution in [0.5, 0.6) is 0 Å². The predicted octanol–water partition coefficient (Wildman–Crippen LogP) is 4.78. The van der Waals surface area contributed by atoms with E-state index in [9.17, 15) is 4.79 Å². The van der Waals surface area contributed by atoms with Crippen LogP contribution in [0.15, 0.2) is 28.7 Å². The van der Waals surface area contributed by atoms with Gasteiger partial charge in [0.1, 0.15) is 5.69 Å². The van der Waals surface area contributed by atoms with E-state index in [2.05, 4.69) is 36.5 Å². The fraction of sp³-hybridized carbons (Fsp3) is 0.278. The summed E-state index contributed by atoms with van der Waals surface area (Å²) >= 11 is 15.6. The van der Waals surface area contributed by atoms with Gasteiger partial charge < -0.3 is 5.32 Å². The highest BCUT2D eigenvalue weighted by atomic mass is 79.9. The number of aromatic amines is 1. The molecule has 0 saturated carbocycles. The molecule has 0 spiro atoms. The lowest BCUT2D eigenvalue weighted by Gasteiger charge is -2.06. The Labute approximate surface area is 175 Å². The van der Waals surface area contributed by atoms with E-state index in [0.717, 1.165) is 28.8 Å².